The largest absolute Gasteiger partial charge is 0.483 e. The molecule has 2 aromatic heterocycles. The van der Waals surface area contributed by atoms with Gasteiger partial charge < -0.3 is 15.6 Å². The summed E-state index contributed by atoms with van der Waals surface area (Å²) in [7, 11) is 0. The summed E-state index contributed by atoms with van der Waals surface area (Å²) in [6, 6.07) is 3.01. The van der Waals surface area contributed by atoms with Crippen LogP contribution >= 0.6 is 0 Å². The third-order valence-electron chi connectivity index (χ3n) is 3.03. The monoisotopic (exact) mass is 268 g/mol. The average Bonchev–Trinajstić information content (AvgIpc) is 2.86. The third kappa shape index (κ3) is 1.64. The zero-order chi connectivity index (χ0) is 13.7. The lowest BCUT2D eigenvalue weighted by molar-refractivity contribution is 0.0856. The van der Waals surface area contributed by atoms with Crippen LogP contribution in [0.2, 0.25) is 0 Å². The number of rotatable bonds is 1. The molecular formula is C11H10F2N4O2. The summed E-state index contributed by atoms with van der Waals surface area (Å²) in [6.45, 7) is 3.41. The fraction of sp³-hybridized carbons (Fsp3) is 0.273. The highest BCUT2D eigenvalue weighted by atomic mass is 19.1. The number of anilines is 1. The van der Waals surface area contributed by atoms with Gasteiger partial charge in [0.1, 0.15) is 17.4 Å². The number of aliphatic hydroxyl groups excluding tert-OH is 1. The maximum atomic E-state index is 13.9. The Morgan fingerprint density at radius 3 is 2.84 bits per heavy atom. The molecule has 1 aliphatic rings. The van der Waals surface area contributed by atoms with Crippen molar-refractivity contribution in [3.05, 3.63) is 36.2 Å². The van der Waals surface area contributed by atoms with Crippen LogP contribution in [0.1, 0.15) is 11.8 Å². The summed E-state index contributed by atoms with van der Waals surface area (Å²) in [5, 5.41) is 13.0. The van der Waals surface area contributed by atoms with Crippen molar-refractivity contribution in [3.8, 4) is 0 Å². The van der Waals surface area contributed by atoms with Gasteiger partial charge in [0.2, 0.25) is 0 Å². The minimum Gasteiger partial charge on any atom is -0.483 e. The molecule has 19 heavy (non-hydrogen) atoms. The highest BCUT2D eigenvalue weighted by molar-refractivity contribution is 5.65. The molecule has 1 fully saturated rings. The van der Waals surface area contributed by atoms with Gasteiger partial charge in [-0.25, -0.2) is 8.91 Å². The van der Waals surface area contributed by atoms with Gasteiger partial charge in [-0.15, -0.1) is 5.10 Å². The number of fused-ring (bicyclic) bond motifs is 1. The summed E-state index contributed by atoms with van der Waals surface area (Å²) in [6.07, 6.45) is -5.27. The van der Waals surface area contributed by atoms with Gasteiger partial charge in [-0.05, 0) is 12.1 Å². The van der Waals surface area contributed by atoms with E-state index < -0.39 is 24.5 Å². The molecule has 1 aliphatic heterocycles. The molecule has 0 saturated carbocycles. The molecule has 8 heteroatoms. The van der Waals surface area contributed by atoms with E-state index in [9.17, 15) is 13.9 Å². The van der Waals surface area contributed by atoms with Crippen LogP contribution in [-0.2, 0) is 4.74 Å². The van der Waals surface area contributed by atoms with Crippen LogP contribution in [0.5, 0.6) is 0 Å². The highest BCUT2D eigenvalue weighted by Crippen LogP contribution is 2.37. The number of alkyl halides is 1. The van der Waals surface area contributed by atoms with Crippen LogP contribution in [0.3, 0.4) is 0 Å². The fourth-order valence-corrected chi connectivity index (χ4v) is 2.09. The molecule has 6 nitrogen and oxygen atoms in total. The minimum absolute atomic E-state index is 0.0634. The molecule has 0 spiro atoms. The van der Waals surface area contributed by atoms with Gasteiger partial charge in [0.25, 0.3) is 0 Å². The van der Waals surface area contributed by atoms with Gasteiger partial charge in [-0.2, -0.15) is 9.37 Å². The second kappa shape index (κ2) is 3.89. The van der Waals surface area contributed by atoms with Crippen molar-refractivity contribution in [2.75, 3.05) is 5.73 Å². The molecule has 0 bridgehead atoms. The second-order valence-corrected chi connectivity index (χ2v) is 4.22. The van der Waals surface area contributed by atoms with Gasteiger partial charge >= 0.3 is 6.08 Å². The molecule has 100 valence electrons. The summed E-state index contributed by atoms with van der Waals surface area (Å²) >= 11 is 0. The zero-order valence-electron chi connectivity index (χ0n) is 9.62. The Kier molecular flexibility index (Phi) is 2.42. The molecule has 3 atom stereocenters. The predicted molar refractivity (Wildman–Crippen MR) is 61.2 cm³/mol. The van der Waals surface area contributed by atoms with E-state index in [2.05, 4.69) is 16.7 Å². The van der Waals surface area contributed by atoms with E-state index in [0.717, 1.165) is 4.52 Å². The van der Waals surface area contributed by atoms with Crippen molar-refractivity contribution in [3.63, 3.8) is 0 Å². The Labute approximate surface area is 106 Å². The van der Waals surface area contributed by atoms with Gasteiger partial charge in [0.05, 0.1) is 5.69 Å². The smallest absolute Gasteiger partial charge is 0.327 e. The maximum Gasteiger partial charge on any atom is 0.327 e. The number of nitrogen functional groups attached to an aromatic ring is 1. The molecule has 3 heterocycles. The van der Waals surface area contributed by atoms with E-state index in [-0.39, 0.29) is 17.3 Å². The normalized spacial score (nSPS) is 26.9. The Morgan fingerprint density at radius 1 is 1.47 bits per heavy atom. The van der Waals surface area contributed by atoms with E-state index >= 15 is 0 Å². The lowest BCUT2D eigenvalue weighted by Crippen LogP contribution is -2.21. The number of hydrogen-bond acceptors (Lipinski definition) is 5. The van der Waals surface area contributed by atoms with E-state index in [1.165, 1.54) is 12.1 Å². The Balaban J connectivity index is 2.14. The maximum absolute atomic E-state index is 13.9. The van der Waals surface area contributed by atoms with Crippen molar-refractivity contribution in [2.45, 2.75) is 18.4 Å². The van der Waals surface area contributed by atoms with Gasteiger partial charge in [0, 0.05) is 0 Å². The first-order valence-electron chi connectivity index (χ1n) is 5.47. The number of hydrogen-bond donors (Lipinski definition) is 2. The first-order chi connectivity index (χ1) is 8.99. The minimum atomic E-state index is -1.70. The van der Waals surface area contributed by atoms with Crippen molar-refractivity contribution in [1.82, 2.24) is 14.6 Å². The lowest BCUT2D eigenvalue weighted by Gasteiger charge is -2.12. The summed E-state index contributed by atoms with van der Waals surface area (Å²) in [4.78, 5) is 3.37. The molecule has 3 rings (SSSR count). The predicted octanol–water partition coefficient (Wildman–Crippen LogP) is 0.735. The summed E-state index contributed by atoms with van der Waals surface area (Å²) in [5.74, 6) is -0.138. The van der Waals surface area contributed by atoms with Crippen molar-refractivity contribution in [1.29, 1.82) is 0 Å². The standard InChI is InChI=1S/C11H10F2N4O2/c1-4-8(18)7(12)9(19-4)5-2-3-6-10(14)15-11(13)16-17(5)6/h2-3,7-9,18H,1H2,(H2,14,15,16). The quantitative estimate of drug-likeness (QED) is 0.796. The van der Waals surface area contributed by atoms with E-state index in [4.69, 9.17) is 10.5 Å². The second-order valence-electron chi connectivity index (χ2n) is 4.22. The topological polar surface area (TPSA) is 85.7 Å². The molecule has 3 N–H and O–H groups in total. The fourth-order valence-electron chi connectivity index (χ4n) is 2.09. The Morgan fingerprint density at radius 2 is 2.21 bits per heavy atom. The van der Waals surface area contributed by atoms with E-state index in [1.807, 2.05) is 0 Å². The molecule has 0 radical (unpaired) electrons. The molecule has 0 aromatic carbocycles. The number of halogens is 2. The van der Waals surface area contributed by atoms with Crippen LogP contribution in [-0.4, -0.2) is 32.0 Å². The summed E-state index contributed by atoms with van der Waals surface area (Å²) < 4.78 is 33.3. The summed E-state index contributed by atoms with van der Waals surface area (Å²) in [5.41, 5.74) is 6.11. The Bertz CT molecular complexity index is 672. The van der Waals surface area contributed by atoms with Gasteiger partial charge in [-0.1, -0.05) is 6.58 Å². The van der Waals surface area contributed by atoms with Crippen LogP contribution in [0, 0.1) is 6.08 Å². The van der Waals surface area contributed by atoms with Crippen LogP contribution in [0.4, 0.5) is 14.6 Å². The van der Waals surface area contributed by atoms with Crippen molar-refractivity contribution < 1.29 is 18.6 Å². The van der Waals surface area contributed by atoms with Crippen molar-refractivity contribution in [2.24, 2.45) is 0 Å². The zero-order valence-corrected chi connectivity index (χ0v) is 9.62. The number of aliphatic hydroxyl groups is 1. The number of ether oxygens (including phenoxy) is 1. The molecule has 2 aromatic rings. The lowest BCUT2D eigenvalue weighted by atomic mass is 10.1. The highest BCUT2D eigenvalue weighted by Gasteiger charge is 2.42. The molecule has 3 unspecified atom stereocenters. The van der Waals surface area contributed by atoms with Gasteiger partial charge in [-0.3, -0.25) is 0 Å². The first-order valence-corrected chi connectivity index (χ1v) is 5.47. The molecule has 0 amide bonds. The average molecular weight is 268 g/mol. The molecular weight excluding hydrogens is 258 g/mol. The van der Waals surface area contributed by atoms with E-state index in [1.54, 1.807) is 0 Å². The van der Waals surface area contributed by atoms with Crippen molar-refractivity contribution >= 4 is 11.3 Å². The van der Waals surface area contributed by atoms with Gasteiger partial charge in [0.15, 0.2) is 18.1 Å². The van der Waals surface area contributed by atoms with Crippen LogP contribution in [0.25, 0.3) is 5.52 Å². The first kappa shape index (κ1) is 11.8. The SMILES string of the molecule is C=C1OC(c2ccc3c(N)nc(F)nn23)C(F)C1O. The molecule has 0 aliphatic carbocycles. The van der Waals surface area contributed by atoms with E-state index in [0.29, 0.717) is 5.52 Å². The number of nitrogens with two attached hydrogens (primary N) is 1. The molecule has 1 saturated heterocycles. The number of nitrogens with zero attached hydrogens (tertiary/aromatic N) is 3. The number of aromatic nitrogens is 3. The van der Waals surface area contributed by atoms with Crippen LogP contribution in [0.15, 0.2) is 24.5 Å². The Hall–Kier alpha value is -2.22. The van der Waals surface area contributed by atoms with Crippen LogP contribution < -0.4 is 5.73 Å². The third-order valence-corrected chi connectivity index (χ3v) is 3.03.